The molecule has 45 heteroatoms. The standard InChI is InChI=1S/C54H90O45/c55-1-10-37(19(64)27(72)46(81)82-10)92-47-28(73)20(65)36(11(2-56)83-47)91-45-35(80)44-18(9-63)90-54(45)99-43-17(8-62)89-52(34(79)26(43)71)97-41-15(6-60)87-50(32(77)24(41)69)95-39-13(4-58)85-48(30(75)22(39)67)93-38-12(3-57)84-49(29(74)21(38)66)94-40-14(5-59)86-51(31(76)23(40)68)96-42-16(7-61)88-53(98-44)33(78)25(42)70/h10-81H,1-9H2/t10-,11-,12-,13-,14-,15-,16-,17-,18+,19-,20-,21-,22+,23-,24-,25-,26+,27-,28-,29-,30+,31-,32+,33-,34+,35+,36-,37+,38-,39-,40-,41-,42-,43-,44-,45-,46-,47-,48-,49-,50?,51-,52-,53-,54-/m1/s1. The van der Waals surface area contributed by atoms with Crippen molar-refractivity contribution in [1.29, 1.82) is 0 Å². The van der Waals surface area contributed by atoms with Gasteiger partial charge >= 0.3 is 0 Å². The molecule has 99 heavy (non-hydrogen) atoms. The molecule has 14 bridgehead atoms. The highest BCUT2D eigenvalue weighted by Gasteiger charge is 2.62. The van der Waals surface area contributed by atoms with Gasteiger partial charge in [-0.3, -0.25) is 0 Å². The molecule has 23 aliphatic heterocycles. The third-order valence-corrected chi connectivity index (χ3v) is 19.0. The fourth-order valence-electron chi connectivity index (χ4n) is 13.5. The molecule has 0 aromatic rings. The molecule has 0 radical (unpaired) electrons. The predicted octanol–water partition coefficient (Wildman–Crippen LogP) is -19.6. The van der Waals surface area contributed by atoms with Crippen molar-refractivity contribution in [2.75, 3.05) is 59.5 Å². The van der Waals surface area contributed by atoms with Crippen LogP contribution in [-0.4, -0.2) is 474 Å². The van der Waals surface area contributed by atoms with Crippen LogP contribution in [0.1, 0.15) is 0 Å². The first-order valence-electron chi connectivity index (χ1n) is 31.7. The molecular formula is C54H90O45. The Morgan fingerprint density at radius 2 is 0.394 bits per heavy atom. The van der Waals surface area contributed by atoms with E-state index in [1.807, 2.05) is 0 Å². The number of ether oxygens (including phenoxy) is 18. The monoisotopic (exact) mass is 1460 g/mol. The summed E-state index contributed by atoms with van der Waals surface area (Å²) >= 11 is 0. The summed E-state index contributed by atoms with van der Waals surface area (Å²) in [5.74, 6) is 0. The van der Waals surface area contributed by atoms with Crippen molar-refractivity contribution in [3.8, 4) is 0 Å². The van der Waals surface area contributed by atoms with Crippen molar-refractivity contribution in [1.82, 2.24) is 0 Å². The summed E-state index contributed by atoms with van der Waals surface area (Å²) in [4.78, 5) is 0. The summed E-state index contributed by atoms with van der Waals surface area (Å²) in [6.07, 6.45) is -95.8. The van der Waals surface area contributed by atoms with Crippen molar-refractivity contribution < 1.29 is 223 Å². The zero-order valence-electron chi connectivity index (χ0n) is 51.8. The third kappa shape index (κ3) is 15.8. The first kappa shape index (κ1) is 79.8. The van der Waals surface area contributed by atoms with E-state index in [4.69, 9.17) is 85.3 Å². The summed E-state index contributed by atoms with van der Waals surface area (Å²) in [6.45, 7) is -10.3. The van der Waals surface area contributed by atoms with Crippen molar-refractivity contribution in [2.45, 2.75) is 276 Å². The van der Waals surface area contributed by atoms with Gasteiger partial charge in [-0.1, -0.05) is 0 Å². The largest absolute Gasteiger partial charge is 0.394 e. The smallest absolute Gasteiger partial charge is 0.187 e. The van der Waals surface area contributed by atoms with Gasteiger partial charge in [0.2, 0.25) is 0 Å². The van der Waals surface area contributed by atoms with E-state index in [9.17, 15) is 138 Å². The summed E-state index contributed by atoms with van der Waals surface area (Å²) in [5.41, 5.74) is 0. The highest BCUT2D eigenvalue weighted by atomic mass is 16.8. The molecule has 23 rings (SSSR count). The maximum atomic E-state index is 12.5. The summed E-state index contributed by atoms with van der Waals surface area (Å²) < 4.78 is 104. The second kappa shape index (κ2) is 34.0. The Hall–Kier alpha value is -1.80. The summed E-state index contributed by atoms with van der Waals surface area (Å²) in [5, 5.41) is 301. The molecule has 23 heterocycles. The first-order chi connectivity index (χ1) is 47.1. The van der Waals surface area contributed by atoms with Gasteiger partial charge in [0.25, 0.3) is 0 Å². The molecule has 0 aromatic heterocycles. The van der Waals surface area contributed by atoms with E-state index in [2.05, 4.69) is 0 Å². The lowest BCUT2D eigenvalue weighted by Crippen LogP contribution is -2.70. The Kier molecular flexibility index (Phi) is 27.4. The zero-order valence-corrected chi connectivity index (χ0v) is 51.8. The number of aliphatic hydroxyl groups is 27. The Bertz CT molecular complexity index is 2460. The molecule has 23 aliphatic rings. The zero-order chi connectivity index (χ0) is 72.1. The summed E-state index contributed by atoms with van der Waals surface area (Å²) in [6, 6.07) is 0. The minimum Gasteiger partial charge on any atom is -0.394 e. The molecule has 1 unspecified atom stereocenters. The van der Waals surface area contributed by atoms with Gasteiger partial charge < -0.3 is 223 Å². The van der Waals surface area contributed by atoms with E-state index in [1.165, 1.54) is 0 Å². The molecule has 23 fully saturated rings. The molecular weight excluding hydrogens is 1370 g/mol. The quantitative estimate of drug-likeness (QED) is 0.0814. The normalized spacial score (nSPS) is 55.1. The van der Waals surface area contributed by atoms with Gasteiger partial charge in [0.1, 0.15) is 220 Å². The molecule has 0 spiro atoms. The molecule has 0 saturated carbocycles. The number of aliphatic hydroxyl groups excluding tert-OH is 27. The Labute approximate surface area is 558 Å². The van der Waals surface area contributed by atoms with Gasteiger partial charge in [-0.15, -0.1) is 0 Å². The van der Waals surface area contributed by atoms with Crippen LogP contribution in [0.5, 0.6) is 0 Å². The van der Waals surface area contributed by atoms with Crippen LogP contribution in [0.3, 0.4) is 0 Å². The van der Waals surface area contributed by atoms with Crippen molar-refractivity contribution in [3.05, 3.63) is 0 Å². The highest BCUT2D eigenvalue weighted by molar-refractivity contribution is 5.04. The van der Waals surface area contributed by atoms with E-state index in [0.29, 0.717) is 0 Å². The van der Waals surface area contributed by atoms with E-state index >= 15 is 0 Å². The van der Waals surface area contributed by atoms with Crippen LogP contribution in [0.4, 0.5) is 0 Å². The first-order valence-corrected chi connectivity index (χ1v) is 31.7. The Morgan fingerprint density at radius 3 is 0.667 bits per heavy atom. The lowest BCUT2D eigenvalue weighted by atomic mass is 9.94. The van der Waals surface area contributed by atoms with Crippen molar-refractivity contribution in [2.24, 2.45) is 0 Å². The van der Waals surface area contributed by atoms with Crippen LogP contribution in [0.25, 0.3) is 0 Å². The van der Waals surface area contributed by atoms with Crippen LogP contribution >= 0.6 is 0 Å². The van der Waals surface area contributed by atoms with Crippen LogP contribution < -0.4 is 0 Å². The predicted molar refractivity (Wildman–Crippen MR) is 294 cm³/mol. The molecule has 0 aromatic carbocycles. The highest BCUT2D eigenvalue weighted by Crippen LogP contribution is 2.41. The van der Waals surface area contributed by atoms with Crippen molar-refractivity contribution >= 4 is 0 Å². The van der Waals surface area contributed by atoms with E-state index in [-0.39, 0.29) is 0 Å². The third-order valence-electron chi connectivity index (χ3n) is 19.0. The van der Waals surface area contributed by atoms with Crippen LogP contribution in [0.2, 0.25) is 0 Å². The van der Waals surface area contributed by atoms with Crippen LogP contribution in [0.15, 0.2) is 0 Å². The van der Waals surface area contributed by atoms with E-state index < -0.39 is 336 Å². The maximum Gasteiger partial charge on any atom is 0.187 e. The van der Waals surface area contributed by atoms with E-state index in [1.54, 1.807) is 0 Å². The second-order valence-corrected chi connectivity index (χ2v) is 25.3. The van der Waals surface area contributed by atoms with Gasteiger partial charge in [-0.2, -0.15) is 0 Å². The topological polar surface area (TPSA) is 712 Å². The Morgan fingerprint density at radius 1 is 0.172 bits per heavy atom. The maximum absolute atomic E-state index is 12.5. The average Bonchev–Trinajstić information content (AvgIpc) is 0.780. The van der Waals surface area contributed by atoms with E-state index in [0.717, 1.165) is 0 Å². The van der Waals surface area contributed by atoms with Crippen LogP contribution in [0, 0.1) is 0 Å². The van der Waals surface area contributed by atoms with Gasteiger partial charge in [0.05, 0.1) is 59.5 Å². The van der Waals surface area contributed by atoms with Gasteiger partial charge in [-0.25, -0.2) is 0 Å². The fraction of sp³-hybridized carbons (Fsp3) is 1.00. The van der Waals surface area contributed by atoms with Crippen LogP contribution in [-0.2, 0) is 85.3 Å². The SMILES string of the molecule is OC[C@@H]1O[C@@H]2O[C@H]3[C@@H](O)[C@H](O)[C@@H](O[C@H]4[C@H](O)[C@H](O)C(O[C@H]5[C@@H](O)[C@H](O)[C@@H](O[C@H]6[C@H](O)[C@@H](O)[C@@H](O[C@H]7[C@H](O)[C@@H](O)[C@@H](O[C@H]8[C@H](O)[C@@H](O)[C@@H](O[C@H]1[C@H](O)[C@H]2O[C@H]1[C@H](O)[C@@H](O)[C@@H](O[C@@H]2[C@H](O)[C@@H](O)[C@H](O)O[C@@H]2CO)O[C@@H]1CO)O[C@@H]8CO)O[C@@H]7CO)O[C@@H]6CO)O[C@@H]5CO)O[C@@H]4CO)O[C@@H]3CO. The minimum atomic E-state index is -2.46. The Balaban J connectivity index is 0.968. The molecule has 45 atom stereocenters. The second-order valence-electron chi connectivity index (χ2n) is 25.3. The minimum absolute atomic E-state index is 0.976. The van der Waals surface area contributed by atoms with Crippen molar-refractivity contribution in [3.63, 3.8) is 0 Å². The molecule has 27 N–H and O–H groups in total. The van der Waals surface area contributed by atoms with Gasteiger partial charge in [0, 0.05) is 0 Å². The molecule has 0 amide bonds. The molecule has 0 aliphatic carbocycles. The van der Waals surface area contributed by atoms with Gasteiger partial charge in [-0.05, 0) is 0 Å². The fourth-order valence-corrected chi connectivity index (χ4v) is 13.5. The number of hydrogen-bond donors (Lipinski definition) is 27. The average molecular weight is 1460 g/mol. The molecule has 576 valence electrons. The molecule has 23 saturated heterocycles. The number of hydrogen-bond acceptors (Lipinski definition) is 45. The lowest BCUT2D eigenvalue weighted by molar-refractivity contribution is -0.406. The number of rotatable bonds is 13. The summed E-state index contributed by atoms with van der Waals surface area (Å²) in [7, 11) is 0. The lowest BCUT2D eigenvalue weighted by Gasteiger charge is -2.51. The molecule has 45 nitrogen and oxygen atoms in total. The van der Waals surface area contributed by atoms with Gasteiger partial charge in [0.15, 0.2) is 56.6 Å².